The number of aryl methyl sites for hydroxylation is 1. The Morgan fingerprint density at radius 1 is 1.05 bits per heavy atom. The minimum Gasteiger partial charge on any atom is -0.493 e. The van der Waals surface area contributed by atoms with Crippen molar-refractivity contribution in [1.82, 2.24) is 5.32 Å². The van der Waals surface area contributed by atoms with E-state index in [0.717, 1.165) is 51.3 Å². The smallest absolute Gasteiger partial charge is 0.122 e. The van der Waals surface area contributed by atoms with Gasteiger partial charge in [-0.2, -0.15) is 0 Å². The monoisotopic (exact) mass is 293 g/mol. The molecule has 1 rings (SSSR count). The Hall–Kier alpha value is -1.06. The molecule has 1 aromatic carbocycles. The van der Waals surface area contributed by atoms with E-state index < -0.39 is 0 Å². The molecular weight excluding hydrogens is 262 g/mol. The molecule has 3 heteroatoms. The first-order chi connectivity index (χ1) is 10.1. The van der Waals surface area contributed by atoms with Crippen LogP contribution in [0.4, 0.5) is 0 Å². The van der Waals surface area contributed by atoms with Crippen LogP contribution in [0.3, 0.4) is 0 Å². The highest BCUT2D eigenvalue weighted by Crippen LogP contribution is 2.24. The Labute approximate surface area is 130 Å². The van der Waals surface area contributed by atoms with Gasteiger partial charge < -0.3 is 14.8 Å². The first-order valence-corrected chi connectivity index (χ1v) is 8.08. The van der Waals surface area contributed by atoms with Gasteiger partial charge in [-0.25, -0.2) is 0 Å². The van der Waals surface area contributed by atoms with Crippen LogP contribution >= 0.6 is 0 Å². The van der Waals surface area contributed by atoms with Gasteiger partial charge in [-0.3, -0.25) is 0 Å². The van der Waals surface area contributed by atoms with E-state index in [4.69, 9.17) is 9.47 Å². The predicted octanol–water partition coefficient (Wildman–Crippen LogP) is 3.90. The molecule has 21 heavy (non-hydrogen) atoms. The molecule has 0 bridgehead atoms. The summed E-state index contributed by atoms with van der Waals surface area (Å²) in [4.78, 5) is 0. The standard InChI is InChI=1S/C18H31NO2/c1-15(2)17-9-8-16(3)18(14-17)21-13-6-5-10-19-11-7-12-20-4/h8-9,14-15,19H,5-7,10-13H2,1-4H3. The van der Waals surface area contributed by atoms with Crippen LogP contribution in [0, 0.1) is 6.92 Å². The Morgan fingerprint density at radius 3 is 2.52 bits per heavy atom. The highest BCUT2D eigenvalue weighted by molar-refractivity contribution is 5.37. The van der Waals surface area contributed by atoms with Gasteiger partial charge >= 0.3 is 0 Å². The van der Waals surface area contributed by atoms with Crippen molar-refractivity contribution in [2.75, 3.05) is 33.4 Å². The zero-order valence-electron chi connectivity index (χ0n) is 14.1. The van der Waals surface area contributed by atoms with Gasteiger partial charge in [0.25, 0.3) is 0 Å². The van der Waals surface area contributed by atoms with Crippen LogP contribution in [0.1, 0.15) is 50.2 Å². The van der Waals surface area contributed by atoms with Crippen LogP contribution < -0.4 is 10.1 Å². The second kappa shape index (κ2) is 10.6. The lowest BCUT2D eigenvalue weighted by Gasteiger charge is -2.13. The molecule has 0 aliphatic heterocycles. The number of ether oxygens (including phenoxy) is 2. The normalized spacial score (nSPS) is 11.1. The maximum absolute atomic E-state index is 5.92. The molecule has 0 aromatic heterocycles. The molecule has 1 N–H and O–H groups in total. The summed E-state index contributed by atoms with van der Waals surface area (Å²) >= 11 is 0. The van der Waals surface area contributed by atoms with Crippen molar-refractivity contribution in [2.24, 2.45) is 0 Å². The highest BCUT2D eigenvalue weighted by Gasteiger charge is 2.04. The molecule has 0 heterocycles. The summed E-state index contributed by atoms with van der Waals surface area (Å²) in [6, 6.07) is 6.53. The fourth-order valence-electron chi connectivity index (χ4n) is 2.13. The number of nitrogens with one attached hydrogen (secondary N) is 1. The fourth-order valence-corrected chi connectivity index (χ4v) is 2.13. The van der Waals surface area contributed by atoms with Gasteiger partial charge in [0, 0.05) is 13.7 Å². The number of benzene rings is 1. The summed E-state index contributed by atoms with van der Waals surface area (Å²) in [7, 11) is 1.74. The number of rotatable bonds is 11. The van der Waals surface area contributed by atoms with E-state index >= 15 is 0 Å². The summed E-state index contributed by atoms with van der Waals surface area (Å²) in [5, 5.41) is 3.42. The van der Waals surface area contributed by atoms with E-state index in [9.17, 15) is 0 Å². The van der Waals surface area contributed by atoms with Gasteiger partial charge in [0.15, 0.2) is 0 Å². The van der Waals surface area contributed by atoms with Crippen molar-refractivity contribution in [3.63, 3.8) is 0 Å². The average Bonchev–Trinajstić information content (AvgIpc) is 2.47. The zero-order chi connectivity index (χ0) is 15.5. The van der Waals surface area contributed by atoms with Gasteiger partial charge in [0.2, 0.25) is 0 Å². The zero-order valence-corrected chi connectivity index (χ0v) is 14.1. The third kappa shape index (κ3) is 7.49. The van der Waals surface area contributed by atoms with E-state index in [2.05, 4.69) is 44.3 Å². The number of methoxy groups -OCH3 is 1. The van der Waals surface area contributed by atoms with Crippen molar-refractivity contribution in [2.45, 2.75) is 46.0 Å². The Balaban J connectivity index is 2.16. The number of unbranched alkanes of at least 4 members (excludes halogenated alkanes) is 1. The Kier molecular flexibility index (Phi) is 9.11. The molecule has 0 unspecified atom stereocenters. The Bertz CT molecular complexity index is 391. The van der Waals surface area contributed by atoms with E-state index in [1.54, 1.807) is 7.11 Å². The lowest BCUT2D eigenvalue weighted by atomic mass is 10.0. The quantitative estimate of drug-likeness (QED) is 0.628. The largest absolute Gasteiger partial charge is 0.493 e. The minimum absolute atomic E-state index is 0.546. The molecule has 3 nitrogen and oxygen atoms in total. The molecule has 120 valence electrons. The molecule has 0 saturated carbocycles. The topological polar surface area (TPSA) is 30.5 Å². The van der Waals surface area contributed by atoms with E-state index in [0.29, 0.717) is 5.92 Å². The van der Waals surface area contributed by atoms with E-state index in [1.807, 2.05) is 0 Å². The van der Waals surface area contributed by atoms with Crippen molar-refractivity contribution < 1.29 is 9.47 Å². The van der Waals surface area contributed by atoms with Crippen molar-refractivity contribution in [3.05, 3.63) is 29.3 Å². The van der Waals surface area contributed by atoms with Crippen LogP contribution in [0.25, 0.3) is 0 Å². The lowest BCUT2D eigenvalue weighted by molar-refractivity contribution is 0.194. The van der Waals surface area contributed by atoms with Crippen LogP contribution in [-0.4, -0.2) is 33.4 Å². The highest BCUT2D eigenvalue weighted by atomic mass is 16.5. The summed E-state index contributed by atoms with van der Waals surface area (Å²) in [6.45, 7) is 10.2. The molecule has 0 fully saturated rings. The fraction of sp³-hybridized carbons (Fsp3) is 0.667. The molecular formula is C18H31NO2. The summed E-state index contributed by atoms with van der Waals surface area (Å²) in [5.41, 5.74) is 2.56. The maximum Gasteiger partial charge on any atom is 0.122 e. The van der Waals surface area contributed by atoms with Crippen LogP contribution in [0.2, 0.25) is 0 Å². The molecule has 0 spiro atoms. The molecule has 0 amide bonds. The van der Waals surface area contributed by atoms with Gasteiger partial charge in [0.05, 0.1) is 6.61 Å². The van der Waals surface area contributed by atoms with E-state index in [-0.39, 0.29) is 0 Å². The van der Waals surface area contributed by atoms with Gasteiger partial charge in [-0.15, -0.1) is 0 Å². The molecule has 0 aliphatic rings. The predicted molar refractivity (Wildman–Crippen MR) is 89.4 cm³/mol. The van der Waals surface area contributed by atoms with Crippen molar-refractivity contribution in [1.29, 1.82) is 0 Å². The van der Waals surface area contributed by atoms with Crippen LogP contribution in [-0.2, 0) is 4.74 Å². The van der Waals surface area contributed by atoms with Crippen molar-refractivity contribution in [3.8, 4) is 5.75 Å². The number of hydrogen-bond acceptors (Lipinski definition) is 3. The van der Waals surface area contributed by atoms with Gasteiger partial charge in [0.1, 0.15) is 5.75 Å². The van der Waals surface area contributed by atoms with Crippen molar-refractivity contribution >= 4 is 0 Å². The molecule has 0 atom stereocenters. The number of hydrogen-bond donors (Lipinski definition) is 1. The van der Waals surface area contributed by atoms with Gasteiger partial charge in [-0.05, 0) is 62.4 Å². The third-order valence-electron chi connectivity index (χ3n) is 3.59. The summed E-state index contributed by atoms with van der Waals surface area (Å²) in [6.07, 6.45) is 3.31. The summed E-state index contributed by atoms with van der Waals surface area (Å²) < 4.78 is 10.9. The third-order valence-corrected chi connectivity index (χ3v) is 3.59. The minimum atomic E-state index is 0.546. The average molecular weight is 293 g/mol. The van der Waals surface area contributed by atoms with Crippen LogP contribution in [0.5, 0.6) is 5.75 Å². The first kappa shape index (κ1) is 18.0. The SMILES string of the molecule is COCCCNCCCCOc1cc(C(C)C)ccc1C. The van der Waals surface area contributed by atoms with E-state index in [1.165, 1.54) is 11.1 Å². The lowest BCUT2D eigenvalue weighted by Crippen LogP contribution is -2.18. The summed E-state index contributed by atoms with van der Waals surface area (Å²) in [5.74, 6) is 1.58. The Morgan fingerprint density at radius 2 is 1.81 bits per heavy atom. The van der Waals surface area contributed by atoms with Crippen LogP contribution in [0.15, 0.2) is 18.2 Å². The second-order valence-electron chi connectivity index (χ2n) is 5.83. The molecule has 0 aliphatic carbocycles. The molecule has 1 aromatic rings. The first-order valence-electron chi connectivity index (χ1n) is 8.08. The maximum atomic E-state index is 5.92. The molecule has 0 saturated heterocycles. The molecule has 0 radical (unpaired) electrons. The van der Waals surface area contributed by atoms with Gasteiger partial charge in [-0.1, -0.05) is 26.0 Å². The second-order valence-corrected chi connectivity index (χ2v) is 5.83.